The highest BCUT2D eigenvalue weighted by molar-refractivity contribution is 5.23. The minimum absolute atomic E-state index is 0.281. The molecule has 2 aliphatic rings. The summed E-state index contributed by atoms with van der Waals surface area (Å²) in [4.78, 5) is 1.77. The minimum Gasteiger partial charge on any atom is -0.375 e. The van der Waals surface area contributed by atoms with E-state index in [9.17, 15) is 13.9 Å². The van der Waals surface area contributed by atoms with Gasteiger partial charge in [-0.05, 0) is 44.9 Å². The lowest BCUT2D eigenvalue weighted by atomic mass is 10.0. The molecule has 1 N–H and O–H groups in total. The highest BCUT2D eigenvalue weighted by Crippen LogP contribution is 2.37. The Morgan fingerprint density at radius 2 is 2.14 bits per heavy atom. The van der Waals surface area contributed by atoms with Crippen molar-refractivity contribution in [3.05, 3.63) is 35.4 Å². The van der Waals surface area contributed by atoms with Gasteiger partial charge in [-0.1, -0.05) is 0 Å². The first kappa shape index (κ1) is 15.8. The number of aliphatic hydroxyl groups is 1. The summed E-state index contributed by atoms with van der Waals surface area (Å²) < 4.78 is 38.6. The van der Waals surface area contributed by atoms with Crippen LogP contribution in [0, 0.1) is 11.6 Å². The number of halogens is 2. The summed E-state index contributed by atoms with van der Waals surface area (Å²) in [6, 6.07) is 3.09. The van der Waals surface area contributed by atoms with Crippen LogP contribution in [0.4, 0.5) is 8.78 Å². The molecule has 0 aromatic heterocycles. The summed E-state index contributed by atoms with van der Waals surface area (Å²) in [5, 5.41) is 10.6. The Kier molecular flexibility index (Phi) is 4.20. The van der Waals surface area contributed by atoms with Crippen LogP contribution in [0.2, 0.25) is 0 Å². The van der Waals surface area contributed by atoms with E-state index in [0.717, 1.165) is 18.6 Å². The second kappa shape index (κ2) is 5.85. The molecule has 0 amide bonds. The van der Waals surface area contributed by atoms with Crippen molar-refractivity contribution >= 4 is 0 Å². The van der Waals surface area contributed by atoms with E-state index in [2.05, 4.69) is 0 Å². The predicted octanol–water partition coefficient (Wildman–Crippen LogP) is 2.57. The summed E-state index contributed by atoms with van der Waals surface area (Å²) in [5.74, 6) is -1.65. The third-order valence-electron chi connectivity index (χ3n) is 4.31. The quantitative estimate of drug-likeness (QED) is 0.931. The average Bonchev–Trinajstić information content (AvgIpc) is 3.07. The summed E-state index contributed by atoms with van der Waals surface area (Å²) in [6.45, 7) is 4.46. The lowest BCUT2D eigenvalue weighted by molar-refractivity contribution is -0.170. The monoisotopic (exact) mass is 313 g/mol. The molecule has 3 atom stereocenters. The van der Waals surface area contributed by atoms with E-state index in [4.69, 9.17) is 9.47 Å². The van der Waals surface area contributed by atoms with Crippen molar-refractivity contribution in [2.24, 2.45) is 0 Å². The third-order valence-corrected chi connectivity index (χ3v) is 4.31. The largest absolute Gasteiger partial charge is 0.375 e. The van der Waals surface area contributed by atoms with E-state index in [1.54, 1.807) is 18.7 Å². The van der Waals surface area contributed by atoms with Crippen LogP contribution in [0.3, 0.4) is 0 Å². The number of benzene rings is 1. The zero-order chi connectivity index (χ0) is 15.9. The van der Waals surface area contributed by atoms with Crippen molar-refractivity contribution in [1.82, 2.24) is 4.90 Å². The fraction of sp³-hybridized carbons (Fsp3) is 0.625. The second-order valence-electron chi connectivity index (χ2n) is 6.34. The topological polar surface area (TPSA) is 41.9 Å². The van der Waals surface area contributed by atoms with E-state index >= 15 is 0 Å². The molecule has 3 rings (SSSR count). The summed E-state index contributed by atoms with van der Waals surface area (Å²) in [7, 11) is 0. The number of nitrogens with zero attached hydrogens (tertiary/aromatic N) is 1. The summed E-state index contributed by atoms with van der Waals surface area (Å²) >= 11 is 0. The normalized spacial score (nSPS) is 29.9. The molecule has 0 radical (unpaired) electrons. The van der Waals surface area contributed by atoms with Gasteiger partial charge in [0.2, 0.25) is 0 Å². The van der Waals surface area contributed by atoms with Crippen molar-refractivity contribution in [1.29, 1.82) is 0 Å². The molecule has 4 nitrogen and oxygen atoms in total. The first-order valence-electron chi connectivity index (χ1n) is 7.58. The minimum atomic E-state index is -0.906. The van der Waals surface area contributed by atoms with Gasteiger partial charge in [-0.25, -0.2) is 8.78 Å². The number of ether oxygens (including phenoxy) is 2. The van der Waals surface area contributed by atoms with Crippen molar-refractivity contribution in [3.8, 4) is 0 Å². The van der Waals surface area contributed by atoms with E-state index in [0.29, 0.717) is 13.0 Å². The molecular formula is C16H21F2NO3. The van der Waals surface area contributed by atoms with E-state index in [1.807, 2.05) is 0 Å². The van der Waals surface area contributed by atoms with Gasteiger partial charge in [0.25, 0.3) is 0 Å². The standard InChI is InChI=1S/C16H21F2NO3/c1-16(2)21-9-14(22-16)15(20)19-7-3-4-13(19)11-8-10(17)5-6-12(11)18/h5-6,8,13-15,20H,3-4,7,9H2,1-2H3/t13-,14+,15?/m1/s1. The van der Waals surface area contributed by atoms with Crippen LogP contribution >= 0.6 is 0 Å². The van der Waals surface area contributed by atoms with Crippen LogP contribution in [-0.2, 0) is 9.47 Å². The van der Waals surface area contributed by atoms with E-state index < -0.39 is 29.8 Å². The van der Waals surface area contributed by atoms with Crippen LogP contribution in [0.5, 0.6) is 0 Å². The molecule has 1 aromatic rings. The molecule has 0 bridgehead atoms. The second-order valence-corrected chi connectivity index (χ2v) is 6.34. The van der Waals surface area contributed by atoms with Crippen molar-refractivity contribution < 1.29 is 23.4 Å². The highest BCUT2D eigenvalue weighted by Gasteiger charge is 2.42. The van der Waals surface area contributed by atoms with Gasteiger partial charge in [0, 0.05) is 18.2 Å². The fourth-order valence-electron chi connectivity index (χ4n) is 3.29. The SMILES string of the molecule is CC1(C)OC[C@@H](C(O)N2CCC[C@@H]2c2cc(F)ccc2F)O1. The molecule has 0 aliphatic carbocycles. The first-order valence-corrected chi connectivity index (χ1v) is 7.58. The first-order chi connectivity index (χ1) is 10.4. The van der Waals surface area contributed by atoms with Gasteiger partial charge in [-0.2, -0.15) is 0 Å². The van der Waals surface area contributed by atoms with Gasteiger partial charge < -0.3 is 14.6 Å². The Morgan fingerprint density at radius 3 is 2.82 bits per heavy atom. The predicted molar refractivity (Wildman–Crippen MR) is 75.9 cm³/mol. The molecule has 0 spiro atoms. The Morgan fingerprint density at radius 1 is 1.36 bits per heavy atom. The van der Waals surface area contributed by atoms with Crippen LogP contribution in [-0.4, -0.2) is 41.3 Å². The molecule has 2 fully saturated rings. The molecule has 22 heavy (non-hydrogen) atoms. The lowest BCUT2D eigenvalue weighted by Gasteiger charge is -2.33. The molecule has 122 valence electrons. The zero-order valence-electron chi connectivity index (χ0n) is 12.8. The van der Waals surface area contributed by atoms with Crippen molar-refractivity contribution in [2.75, 3.05) is 13.2 Å². The van der Waals surface area contributed by atoms with Crippen molar-refractivity contribution in [2.45, 2.75) is 50.8 Å². The zero-order valence-corrected chi connectivity index (χ0v) is 12.8. The van der Waals surface area contributed by atoms with Gasteiger partial charge in [-0.15, -0.1) is 0 Å². The molecular weight excluding hydrogens is 292 g/mol. The molecule has 6 heteroatoms. The molecule has 2 heterocycles. The molecule has 0 saturated carbocycles. The maximum Gasteiger partial charge on any atom is 0.163 e. The van der Waals surface area contributed by atoms with Crippen molar-refractivity contribution in [3.63, 3.8) is 0 Å². The summed E-state index contributed by atoms with van der Waals surface area (Å²) in [5.41, 5.74) is 0.287. The Bertz CT molecular complexity index is 552. The smallest absolute Gasteiger partial charge is 0.163 e. The highest BCUT2D eigenvalue weighted by atomic mass is 19.1. The number of hydrogen-bond acceptors (Lipinski definition) is 4. The van der Waals surface area contributed by atoms with E-state index in [-0.39, 0.29) is 18.2 Å². The van der Waals surface area contributed by atoms with E-state index in [1.165, 1.54) is 6.07 Å². The fourth-order valence-corrected chi connectivity index (χ4v) is 3.29. The van der Waals surface area contributed by atoms with Crippen LogP contribution in [0.25, 0.3) is 0 Å². The Balaban J connectivity index is 1.80. The van der Waals surface area contributed by atoms with Crippen LogP contribution in [0.1, 0.15) is 38.3 Å². The maximum atomic E-state index is 14.0. The number of rotatable bonds is 3. The van der Waals surface area contributed by atoms with Crippen LogP contribution in [0.15, 0.2) is 18.2 Å². The molecule has 1 unspecified atom stereocenters. The molecule has 2 saturated heterocycles. The number of hydrogen-bond donors (Lipinski definition) is 1. The average molecular weight is 313 g/mol. The third kappa shape index (κ3) is 3.01. The number of aliphatic hydroxyl groups excluding tert-OH is 1. The van der Waals surface area contributed by atoms with Gasteiger partial charge in [0.1, 0.15) is 24.0 Å². The van der Waals surface area contributed by atoms with Gasteiger partial charge in [0.15, 0.2) is 5.79 Å². The van der Waals surface area contributed by atoms with Gasteiger partial charge >= 0.3 is 0 Å². The Hall–Kier alpha value is -1.08. The van der Waals surface area contributed by atoms with Gasteiger partial charge in [-0.3, -0.25) is 4.90 Å². The number of likely N-dealkylation sites (tertiary alicyclic amines) is 1. The summed E-state index contributed by atoms with van der Waals surface area (Å²) in [6.07, 6.45) is 0.0902. The lowest BCUT2D eigenvalue weighted by Crippen LogP contribution is -2.45. The molecule has 2 aliphatic heterocycles. The Labute approximate surface area is 128 Å². The molecule has 1 aromatic carbocycles. The maximum absolute atomic E-state index is 14.0. The van der Waals surface area contributed by atoms with Gasteiger partial charge in [0.05, 0.1) is 6.61 Å². The van der Waals surface area contributed by atoms with Crippen LogP contribution < -0.4 is 0 Å².